The number of carbonyl (C=O) groups is 1. The van der Waals surface area contributed by atoms with Gasteiger partial charge >= 0.3 is 0 Å². The van der Waals surface area contributed by atoms with Gasteiger partial charge in [0.25, 0.3) is 5.91 Å². The summed E-state index contributed by atoms with van der Waals surface area (Å²) in [7, 11) is 0. The van der Waals surface area contributed by atoms with Crippen molar-refractivity contribution in [2.24, 2.45) is 11.7 Å². The molecule has 5 heteroatoms. The maximum atomic E-state index is 12.5. The Labute approximate surface area is 124 Å². The van der Waals surface area contributed by atoms with Crippen molar-refractivity contribution >= 4 is 5.91 Å². The van der Waals surface area contributed by atoms with E-state index < -0.39 is 0 Å². The summed E-state index contributed by atoms with van der Waals surface area (Å²) in [5.41, 5.74) is 8.57. The number of carbonyl (C=O) groups excluding carboxylic acids is 1. The van der Waals surface area contributed by atoms with Crippen LogP contribution < -0.4 is 11.1 Å². The molecule has 1 aliphatic carbocycles. The highest BCUT2D eigenvalue weighted by Gasteiger charge is 2.28. The van der Waals surface area contributed by atoms with Crippen molar-refractivity contribution in [1.82, 2.24) is 14.9 Å². The van der Waals surface area contributed by atoms with Crippen LogP contribution in [0.2, 0.25) is 0 Å². The fourth-order valence-corrected chi connectivity index (χ4v) is 2.46. The summed E-state index contributed by atoms with van der Waals surface area (Å²) < 4.78 is 1.84. The van der Waals surface area contributed by atoms with E-state index in [9.17, 15) is 4.79 Å². The molecule has 1 saturated carbocycles. The van der Waals surface area contributed by atoms with Crippen LogP contribution in [0.3, 0.4) is 0 Å². The first-order chi connectivity index (χ1) is 10.1. The van der Waals surface area contributed by atoms with Gasteiger partial charge < -0.3 is 15.6 Å². The predicted molar refractivity (Wildman–Crippen MR) is 81.3 cm³/mol. The first-order valence-electron chi connectivity index (χ1n) is 7.28. The van der Waals surface area contributed by atoms with Crippen LogP contribution in [-0.4, -0.2) is 28.0 Å². The zero-order valence-electron chi connectivity index (χ0n) is 12.1. The highest BCUT2D eigenvalue weighted by molar-refractivity contribution is 5.98. The van der Waals surface area contributed by atoms with Crippen molar-refractivity contribution in [3.63, 3.8) is 0 Å². The molecule has 0 spiro atoms. The molecule has 3 N–H and O–H groups in total. The largest absolute Gasteiger partial charge is 0.350 e. The topological polar surface area (TPSA) is 72.9 Å². The maximum absolute atomic E-state index is 12.5. The molecule has 1 atom stereocenters. The zero-order chi connectivity index (χ0) is 14.8. The minimum absolute atomic E-state index is 0.0652. The standard InChI is InChI=1S/C16H20N4O/c1-11-2-5-15(20-7-6-18-10-20)13(8-11)16(21)19-9-14(17)12-3-4-12/h2,5-8,10,12,14H,3-4,9,17H2,1H3,(H,19,21). The summed E-state index contributed by atoms with van der Waals surface area (Å²) in [4.78, 5) is 16.5. The lowest BCUT2D eigenvalue weighted by Gasteiger charge is -2.14. The van der Waals surface area contributed by atoms with Gasteiger partial charge in [0, 0.05) is 25.0 Å². The predicted octanol–water partition coefficient (Wildman–Crippen LogP) is 1.65. The summed E-state index contributed by atoms with van der Waals surface area (Å²) in [5, 5.41) is 2.95. The van der Waals surface area contributed by atoms with Crippen LogP contribution in [0.15, 0.2) is 36.9 Å². The molecule has 0 saturated heterocycles. The second-order valence-corrected chi connectivity index (χ2v) is 5.70. The molecule has 1 heterocycles. The Morgan fingerprint density at radius 1 is 1.52 bits per heavy atom. The Morgan fingerprint density at radius 3 is 3.00 bits per heavy atom. The lowest BCUT2D eigenvalue weighted by atomic mass is 10.1. The van der Waals surface area contributed by atoms with Gasteiger partial charge in [-0.05, 0) is 37.8 Å². The third-order valence-corrected chi connectivity index (χ3v) is 3.91. The number of nitrogens with two attached hydrogens (primary N) is 1. The molecule has 1 aliphatic rings. The van der Waals surface area contributed by atoms with E-state index in [1.165, 1.54) is 12.8 Å². The number of benzene rings is 1. The third kappa shape index (κ3) is 3.13. The van der Waals surface area contributed by atoms with Crippen LogP contribution in [0.5, 0.6) is 0 Å². The van der Waals surface area contributed by atoms with Crippen molar-refractivity contribution in [3.8, 4) is 5.69 Å². The van der Waals surface area contributed by atoms with Crippen molar-refractivity contribution in [2.45, 2.75) is 25.8 Å². The van der Waals surface area contributed by atoms with Crippen LogP contribution in [0.4, 0.5) is 0 Å². The first kappa shape index (κ1) is 13.8. The smallest absolute Gasteiger partial charge is 0.253 e. The molecule has 1 unspecified atom stereocenters. The quantitative estimate of drug-likeness (QED) is 0.877. The molecular formula is C16H20N4O. The number of imidazole rings is 1. The monoisotopic (exact) mass is 284 g/mol. The first-order valence-corrected chi connectivity index (χ1v) is 7.28. The number of aryl methyl sites for hydroxylation is 1. The van der Waals surface area contributed by atoms with E-state index in [1.54, 1.807) is 12.5 Å². The molecule has 0 radical (unpaired) electrons. The minimum atomic E-state index is -0.0847. The van der Waals surface area contributed by atoms with E-state index in [-0.39, 0.29) is 11.9 Å². The van der Waals surface area contributed by atoms with Gasteiger partial charge in [0.1, 0.15) is 0 Å². The van der Waals surface area contributed by atoms with Crippen molar-refractivity contribution in [2.75, 3.05) is 6.54 Å². The molecule has 1 fully saturated rings. The number of amides is 1. The van der Waals surface area contributed by atoms with Gasteiger partial charge in [-0.25, -0.2) is 4.98 Å². The molecular weight excluding hydrogens is 264 g/mol. The number of rotatable bonds is 5. The van der Waals surface area contributed by atoms with Gasteiger partial charge in [-0.2, -0.15) is 0 Å². The lowest BCUT2D eigenvalue weighted by molar-refractivity contribution is 0.0950. The van der Waals surface area contributed by atoms with Crippen LogP contribution in [0, 0.1) is 12.8 Å². The average molecular weight is 284 g/mol. The Bertz CT molecular complexity index is 632. The summed E-state index contributed by atoms with van der Waals surface area (Å²) in [5.74, 6) is 0.495. The van der Waals surface area contributed by atoms with E-state index in [1.807, 2.05) is 35.9 Å². The van der Waals surface area contributed by atoms with E-state index in [0.717, 1.165) is 11.3 Å². The molecule has 2 aromatic rings. The zero-order valence-corrected chi connectivity index (χ0v) is 12.1. The van der Waals surface area contributed by atoms with E-state index in [2.05, 4.69) is 10.3 Å². The van der Waals surface area contributed by atoms with Crippen LogP contribution in [0.25, 0.3) is 5.69 Å². The van der Waals surface area contributed by atoms with Gasteiger partial charge in [-0.15, -0.1) is 0 Å². The summed E-state index contributed by atoms with van der Waals surface area (Å²) in [6.45, 7) is 2.51. The summed E-state index contributed by atoms with van der Waals surface area (Å²) in [6.07, 6.45) is 7.59. The van der Waals surface area contributed by atoms with Gasteiger partial charge in [0.2, 0.25) is 0 Å². The SMILES string of the molecule is Cc1ccc(-n2ccnc2)c(C(=O)NCC(N)C2CC2)c1. The van der Waals surface area contributed by atoms with Gasteiger partial charge in [0.05, 0.1) is 17.6 Å². The highest BCUT2D eigenvalue weighted by Crippen LogP contribution is 2.31. The molecule has 1 amide bonds. The second kappa shape index (κ2) is 5.69. The average Bonchev–Trinajstić information content (AvgIpc) is 3.20. The molecule has 1 aromatic carbocycles. The van der Waals surface area contributed by atoms with E-state index in [0.29, 0.717) is 18.0 Å². The number of aromatic nitrogens is 2. The molecule has 3 rings (SSSR count). The Morgan fingerprint density at radius 2 is 2.33 bits per heavy atom. The maximum Gasteiger partial charge on any atom is 0.253 e. The Balaban J connectivity index is 1.79. The van der Waals surface area contributed by atoms with Crippen molar-refractivity contribution in [3.05, 3.63) is 48.0 Å². The van der Waals surface area contributed by atoms with Crippen LogP contribution in [0.1, 0.15) is 28.8 Å². The number of nitrogens with zero attached hydrogens (tertiary/aromatic N) is 2. The van der Waals surface area contributed by atoms with Crippen molar-refractivity contribution < 1.29 is 4.79 Å². The molecule has 0 bridgehead atoms. The fraction of sp³-hybridized carbons (Fsp3) is 0.375. The molecule has 110 valence electrons. The fourth-order valence-electron chi connectivity index (χ4n) is 2.46. The molecule has 1 aromatic heterocycles. The summed E-state index contributed by atoms with van der Waals surface area (Å²) >= 11 is 0. The molecule has 0 aliphatic heterocycles. The third-order valence-electron chi connectivity index (χ3n) is 3.91. The van der Waals surface area contributed by atoms with Crippen molar-refractivity contribution in [1.29, 1.82) is 0 Å². The number of hydrogen-bond acceptors (Lipinski definition) is 3. The highest BCUT2D eigenvalue weighted by atomic mass is 16.1. The van der Waals surface area contributed by atoms with Gasteiger partial charge in [-0.1, -0.05) is 11.6 Å². The van der Waals surface area contributed by atoms with E-state index >= 15 is 0 Å². The molecule has 5 nitrogen and oxygen atoms in total. The normalized spacial score (nSPS) is 15.7. The van der Waals surface area contributed by atoms with E-state index in [4.69, 9.17) is 5.73 Å². The Kier molecular flexibility index (Phi) is 3.75. The molecule has 21 heavy (non-hydrogen) atoms. The lowest BCUT2D eigenvalue weighted by Crippen LogP contribution is -2.38. The second-order valence-electron chi connectivity index (χ2n) is 5.70. The summed E-state index contributed by atoms with van der Waals surface area (Å²) in [6, 6.07) is 5.89. The van der Waals surface area contributed by atoms with Gasteiger partial charge in [-0.3, -0.25) is 4.79 Å². The van der Waals surface area contributed by atoms with Crippen LogP contribution in [-0.2, 0) is 0 Å². The Hall–Kier alpha value is -2.14. The van der Waals surface area contributed by atoms with Gasteiger partial charge in [0.15, 0.2) is 0 Å². The minimum Gasteiger partial charge on any atom is -0.350 e. The number of hydrogen-bond donors (Lipinski definition) is 2. The number of nitrogens with one attached hydrogen (secondary N) is 1. The van der Waals surface area contributed by atoms with Crippen LogP contribution >= 0.6 is 0 Å².